The average molecular weight is 345 g/mol. The second kappa shape index (κ2) is 6.60. The first kappa shape index (κ1) is 17.3. The van der Waals surface area contributed by atoms with E-state index in [1.54, 1.807) is 0 Å². The second-order valence-electron chi connectivity index (χ2n) is 4.52. The van der Waals surface area contributed by atoms with Crippen molar-refractivity contribution in [3.05, 3.63) is 69.3 Å². The van der Waals surface area contributed by atoms with E-state index in [0.717, 1.165) is 24.4 Å². The highest BCUT2D eigenvalue weighted by Gasteiger charge is 2.33. The molecule has 0 radical (unpaired) electrons. The third-order valence-corrected chi connectivity index (χ3v) is 2.87. The SMILES string of the molecule is O=[N+]([O-])c1cc(C(F)(F)F)ccc1NN=Cc1ccc(F)cc1F. The minimum absolute atomic E-state index is 0.113. The molecule has 0 aliphatic heterocycles. The van der Waals surface area contributed by atoms with Gasteiger partial charge in [-0.15, -0.1) is 0 Å². The van der Waals surface area contributed by atoms with Crippen LogP contribution < -0.4 is 5.43 Å². The molecule has 0 bridgehead atoms. The van der Waals surface area contributed by atoms with Crippen LogP contribution in [-0.2, 0) is 6.18 Å². The van der Waals surface area contributed by atoms with Crippen LogP contribution in [0.3, 0.4) is 0 Å². The zero-order chi connectivity index (χ0) is 17.9. The highest BCUT2D eigenvalue weighted by atomic mass is 19.4. The smallest absolute Gasteiger partial charge is 0.272 e. The number of hydrogen-bond acceptors (Lipinski definition) is 4. The molecule has 1 N–H and O–H groups in total. The van der Waals surface area contributed by atoms with Gasteiger partial charge in [0.05, 0.1) is 16.7 Å². The Bertz CT molecular complexity index is 805. The van der Waals surface area contributed by atoms with Crippen LogP contribution in [0.5, 0.6) is 0 Å². The molecule has 0 saturated carbocycles. The molecule has 0 aliphatic carbocycles. The van der Waals surface area contributed by atoms with E-state index in [1.165, 1.54) is 0 Å². The first-order valence-corrected chi connectivity index (χ1v) is 6.28. The zero-order valence-corrected chi connectivity index (χ0v) is 11.6. The molecule has 126 valence electrons. The zero-order valence-electron chi connectivity index (χ0n) is 11.6. The molecule has 0 aliphatic rings. The van der Waals surface area contributed by atoms with Gasteiger partial charge in [0.2, 0.25) is 0 Å². The van der Waals surface area contributed by atoms with Gasteiger partial charge in [-0.05, 0) is 24.3 Å². The molecule has 2 aromatic carbocycles. The van der Waals surface area contributed by atoms with Gasteiger partial charge in [0.25, 0.3) is 5.69 Å². The van der Waals surface area contributed by atoms with Gasteiger partial charge >= 0.3 is 6.18 Å². The van der Waals surface area contributed by atoms with Crippen molar-refractivity contribution in [1.82, 2.24) is 0 Å². The number of nitro groups is 1. The van der Waals surface area contributed by atoms with Gasteiger partial charge in [-0.2, -0.15) is 18.3 Å². The fourth-order valence-corrected chi connectivity index (χ4v) is 1.73. The lowest BCUT2D eigenvalue weighted by molar-refractivity contribution is -0.384. The molecule has 0 aromatic heterocycles. The van der Waals surface area contributed by atoms with Crippen molar-refractivity contribution in [2.45, 2.75) is 6.18 Å². The summed E-state index contributed by atoms with van der Waals surface area (Å²) in [5.41, 5.74) is -0.295. The average Bonchev–Trinajstić information content (AvgIpc) is 2.48. The lowest BCUT2D eigenvalue weighted by Gasteiger charge is -2.08. The lowest BCUT2D eigenvalue weighted by atomic mass is 10.1. The largest absolute Gasteiger partial charge is 0.416 e. The number of benzene rings is 2. The van der Waals surface area contributed by atoms with E-state index in [2.05, 4.69) is 10.5 Å². The van der Waals surface area contributed by atoms with E-state index in [1.807, 2.05) is 0 Å². The molecule has 0 spiro atoms. The molecule has 0 saturated heterocycles. The molecule has 2 rings (SSSR count). The quantitative estimate of drug-likeness (QED) is 0.388. The normalized spacial score (nSPS) is 11.7. The maximum atomic E-state index is 13.4. The van der Waals surface area contributed by atoms with Crippen LogP contribution >= 0.6 is 0 Å². The van der Waals surface area contributed by atoms with Gasteiger partial charge < -0.3 is 0 Å². The minimum Gasteiger partial charge on any atom is -0.272 e. The van der Waals surface area contributed by atoms with Crippen molar-refractivity contribution < 1.29 is 26.9 Å². The van der Waals surface area contributed by atoms with Crippen molar-refractivity contribution in [3.63, 3.8) is 0 Å². The Kier molecular flexibility index (Phi) is 4.77. The third-order valence-electron chi connectivity index (χ3n) is 2.87. The van der Waals surface area contributed by atoms with E-state index in [0.29, 0.717) is 18.2 Å². The van der Waals surface area contributed by atoms with E-state index in [4.69, 9.17) is 0 Å². The number of nitrogens with zero attached hydrogens (tertiary/aromatic N) is 2. The number of hydrogen-bond donors (Lipinski definition) is 1. The molecule has 5 nitrogen and oxygen atoms in total. The standard InChI is InChI=1S/C14H8F5N3O2/c15-10-3-1-8(11(16)6-10)7-20-21-12-4-2-9(14(17,18)19)5-13(12)22(23)24/h1-7,21H. The van der Waals surface area contributed by atoms with Crippen LogP contribution in [0.25, 0.3) is 0 Å². The van der Waals surface area contributed by atoms with Gasteiger partial charge in [-0.25, -0.2) is 8.78 Å². The Hall–Kier alpha value is -3.04. The predicted molar refractivity (Wildman–Crippen MR) is 75.7 cm³/mol. The fraction of sp³-hybridized carbons (Fsp3) is 0.0714. The number of rotatable bonds is 4. The number of halogens is 5. The second-order valence-corrected chi connectivity index (χ2v) is 4.52. The molecule has 24 heavy (non-hydrogen) atoms. The highest BCUT2D eigenvalue weighted by molar-refractivity contribution is 5.81. The Balaban J connectivity index is 2.26. The predicted octanol–water partition coefficient (Wildman–Crippen LogP) is 4.34. The fourth-order valence-electron chi connectivity index (χ4n) is 1.73. The first-order valence-electron chi connectivity index (χ1n) is 6.28. The van der Waals surface area contributed by atoms with Crippen molar-refractivity contribution >= 4 is 17.6 Å². The summed E-state index contributed by atoms with van der Waals surface area (Å²) in [5, 5.41) is 14.4. The molecule has 0 heterocycles. The van der Waals surface area contributed by atoms with Gasteiger partial charge in [-0.1, -0.05) is 0 Å². The van der Waals surface area contributed by atoms with Crippen molar-refractivity contribution in [1.29, 1.82) is 0 Å². The summed E-state index contributed by atoms with van der Waals surface area (Å²) in [6.07, 6.45) is -3.82. The van der Waals surface area contributed by atoms with Crippen LogP contribution in [0.2, 0.25) is 0 Å². The van der Waals surface area contributed by atoms with Crippen LogP contribution in [-0.4, -0.2) is 11.1 Å². The van der Waals surface area contributed by atoms with E-state index >= 15 is 0 Å². The van der Waals surface area contributed by atoms with E-state index in [-0.39, 0.29) is 11.3 Å². The maximum absolute atomic E-state index is 13.4. The van der Waals surface area contributed by atoms with Gasteiger partial charge in [0, 0.05) is 17.7 Å². The summed E-state index contributed by atoms with van der Waals surface area (Å²) in [4.78, 5) is 9.86. The number of nitrogens with one attached hydrogen (secondary N) is 1. The highest BCUT2D eigenvalue weighted by Crippen LogP contribution is 2.34. The summed E-state index contributed by atoms with van der Waals surface area (Å²) >= 11 is 0. The molecular formula is C14H8F5N3O2. The molecule has 0 unspecified atom stereocenters. The molecule has 0 amide bonds. The Labute approximate surface area is 131 Å². The Morgan fingerprint density at radius 3 is 2.42 bits per heavy atom. The summed E-state index contributed by atoms with van der Waals surface area (Å²) in [7, 11) is 0. The van der Waals surface area contributed by atoms with E-state index in [9.17, 15) is 32.1 Å². The summed E-state index contributed by atoms with van der Waals surface area (Å²) in [6.45, 7) is 0. The van der Waals surface area contributed by atoms with Gasteiger partial charge in [0.15, 0.2) is 0 Å². The van der Waals surface area contributed by atoms with Crippen molar-refractivity contribution in [2.24, 2.45) is 5.10 Å². The molecule has 10 heteroatoms. The van der Waals surface area contributed by atoms with Crippen molar-refractivity contribution in [3.8, 4) is 0 Å². The van der Waals surface area contributed by atoms with Crippen molar-refractivity contribution in [2.75, 3.05) is 5.43 Å². The molecule has 0 fully saturated rings. The van der Waals surface area contributed by atoms with Crippen LogP contribution in [0.15, 0.2) is 41.5 Å². The van der Waals surface area contributed by atoms with Crippen LogP contribution in [0.4, 0.5) is 33.3 Å². The minimum atomic E-state index is -4.73. The maximum Gasteiger partial charge on any atom is 0.416 e. The molecule has 2 aromatic rings. The first-order chi connectivity index (χ1) is 11.2. The monoisotopic (exact) mass is 345 g/mol. The topological polar surface area (TPSA) is 67.5 Å². The third kappa shape index (κ3) is 4.03. The Morgan fingerprint density at radius 2 is 1.83 bits per heavy atom. The number of anilines is 1. The Morgan fingerprint density at radius 1 is 1.12 bits per heavy atom. The van der Waals surface area contributed by atoms with Gasteiger partial charge in [0.1, 0.15) is 17.3 Å². The van der Waals surface area contributed by atoms with Gasteiger partial charge in [-0.3, -0.25) is 15.5 Å². The summed E-state index contributed by atoms with van der Waals surface area (Å²) in [5.74, 6) is -1.71. The number of alkyl halides is 3. The molecule has 0 atom stereocenters. The number of nitro benzene ring substituents is 1. The lowest BCUT2D eigenvalue weighted by Crippen LogP contribution is -2.06. The summed E-state index contributed by atoms with van der Waals surface area (Å²) < 4.78 is 63.8. The van der Waals surface area contributed by atoms with Crippen LogP contribution in [0.1, 0.15) is 11.1 Å². The van der Waals surface area contributed by atoms with Crippen LogP contribution in [0, 0.1) is 21.7 Å². The molecular weight excluding hydrogens is 337 g/mol. The summed E-state index contributed by atoms with van der Waals surface area (Å²) in [6, 6.07) is 4.50. The number of hydrazone groups is 1. The van der Waals surface area contributed by atoms with E-state index < -0.39 is 34.0 Å².